The minimum atomic E-state index is -1.11. The molecule has 0 aliphatic heterocycles. The van der Waals surface area contributed by atoms with E-state index in [1.54, 1.807) is 12.1 Å². The monoisotopic (exact) mass is 391 g/mol. The Labute approximate surface area is 128 Å². The predicted molar refractivity (Wildman–Crippen MR) is 80.7 cm³/mol. The van der Waals surface area contributed by atoms with E-state index in [9.17, 15) is 4.79 Å². The third-order valence-corrected chi connectivity index (χ3v) is 3.73. The minimum absolute atomic E-state index is 0.0274. The van der Waals surface area contributed by atoms with Gasteiger partial charge in [0.15, 0.2) is 0 Å². The van der Waals surface area contributed by atoms with E-state index in [0.717, 1.165) is 3.57 Å². The number of carbonyl (C=O) groups is 1. The Morgan fingerprint density at radius 3 is 2.68 bits per heavy atom. The number of carboxylic acids is 1. The second-order valence-corrected chi connectivity index (χ2v) is 5.92. The molecular weight excluding hydrogens is 381 g/mol. The number of carboxylic acid groups (broad SMARTS) is 1. The van der Waals surface area contributed by atoms with Gasteiger partial charge < -0.3 is 9.52 Å². The van der Waals surface area contributed by atoms with Gasteiger partial charge in [-0.05, 0) is 46.7 Å². The summed E-state index contributed by atoms with van der Waals surface area (Å²) in [6.07, 6.45) is 0. The van der Waals surface area contributed by atoms with E-state index in [0.29, 0.717) is 16.3 Å². The van der Waals surface area contributed by atoms with Gasteiger partial charge >= 0.3 is 5.97 Å². The summed E-state index contributed by atoms with van der Waals surface area (Å²) in [5.74, 6) is -0.964. The molecule has 1 aromatic carbocycles. The highest BCUT2D eigenvalue weighted by Crippen LogP contribution is 2.31. The summed E-state index contributed by atoms with van der Waals surface area (Å²) in [7, 11) is 0. The Morgan fingerprint density at radius 1 is 1.47 bits per heavy atom. The summed E-state index contributed by atoms with van der Waals surface area (Å²) in [5, 5.41) is 9.69. The van der Waals surface area contributed by atoms with Crippen molar-refractivity contribution in [2.75, 3.05) is 0 Å². The van der Waals surface area contributed by atoms with Gasteiger partial charge in [0.1, 0.15) is 0 Å². The van der Waals surface area contributed by atoms with Crippen LogP contribution in [-0.4, -0.2) is 16.1 Å². The third kappa shape index (κ3) is 2.92. The number of halogens is 2. The van der Waals surface area contributed by atoms with Gasteiger partial charge in [-0.2, -0.15) is 0 Å². The molecule has 2 rings (SSSR count). The van der Waals surface area contributed by atoms with Crippen molar-refractivity contribution in [1.29, 1.82) is 0 Å². The Hall–Kier alpha value is -1.08. The van der Waals surface area contributed by atoms with Gasteiger partial charge in [-0.25, -0.2) is 9.78 Å². The lowest BCUT2D eigenvalue weighted by molar-refractivity contribution is 0.0661. The molecule has 0 aliphatic carbocycles. The average Bonchev–Trinajstić information content (AvgIpc) is 2.77. The quantitative estimate of drug-likeness (QED) is 0.787. The van der Waals surface area contributed by atoms with Crippen LogP contribution < -0.4 is 0 Å². The maximum Gasteiger partial charge on any atom is 0.373 e. The average molecular weight is 392 g/mol. The van der Waals surface area contributed by atoms with Crippen molar-refractivity contribution in [2.45, 2.75) is 19.8 Å². The molecule has 100 valence electrons. The lowest BCUT2D eigenvalue weighted by Gasteiger charge is -2.00. The van der Waals surface area contributed by atoms with Crippen molar-refractivity contribution >= 4 is 40.2 Å². The molecule has 0 saturated heterocycles. The maximum absolute atomic E-state index is 11.2. The first-order valence-electron chi connectivity index (χ1n) is 5.59. The van der Waals surface area contributed by atoms with Gasteiger partial charge in [0, 0.05) is 8.59 Å². The van der Waals surface area contributed by atoms with E-state index in [2.05, 4.69) is 27.6 Å². The number of aromatic carboxylic acids is 1. The van der Waals surface area contributed by atoms with Crippen molar-refractivity contribution in [3.8, 4) is 11.5 Å². The SMILES string of the molecule is CC(C)c1nc(-c2cc(Cl)ccc2I)oc1C(=O)O. The summed E-state index contributed by atoms with van der Waals surface area (Å²) in [6.45, 7) is 3.74. The molecule has 6 heteroatoms. The molecular formula is C13H11ClINO3. The van der Waals surface area contributed by atoms with Crippen LogP contribution in [0.1, 0.15) is 36.0 Å². The van der Waals surface area contributed by atoms with Crippen LogP contribution in [0, 0.1) is 3.57 Å². The zero-order chi connectivity index (χ0) is 14.2. The highest BCUT2D eigenvalue weighted by molar-refractivity contribution is 14.1. The van der Waals surface area contributed by atoms with Crippen LogP contribution in [-0.2, 0) is 0 Å². The number of aromatic nitrogens is 1. The van der Waals surface area contributed by atoms with Crippen LogP contribution in [0.2, 0.25) is 5.02 Å². The standard InChI is InChI=1S/C13H11ClINO3/c1-6(2)10-11(13(17)18)19-12(16-10)8-5-7(14)3-4-9(8)15/h3-6H,1-2H3,(H,17,18). The zero-order valence-electron chi connectivity index (χ0n) is 10.3. The van der Waals surface area contributed by atoms with Gasteiger partial charge in [-0.1, -0.05) is 25.4 Å². The lowest BCUT2D eigenvalue weighted by Crippen LogP contribution is -2.01. The first-order chi connectivity index (χ1) is 8.90. The molecule has 0 bridgehead atoms. The van der Waals surface area contributed by atoms with Crippen molar-refractivity contribution < 1.29 is 14.3 Å². The normalized spacial score (nSPS) is 11.0. The van der Waals surface area contributed by atoms with Crippen molar-refractivity contribution in [3.63, 3.8) is 0 Å². The third-order valence-electron chi connectivity index (χ3n) is 2.55. The second kappa shape index (κ2) is 5.50. The maximum atomic E-state index is 11.2. The lowest BCUT2D eigenvalue weighted by atomic mass is 10.1. The van der Waals surface area contributed by atoms with Crippen LogP contribution in [0.4, 0.5) is 0 Å². The summed E-state index contributed by atoms with van der Waals surface area (Å²) < 4.78 is 6.28. The molecule has 1 heterocycles. The van der Waals surface area contributed by atoms with Crippen LogP contribution in [0.3, 0.4) is 0 Å². The van der Waals surface area contributed by atoms with Gasteiger partial charge in [-0.15, -0.1) is 0 Å². The van der Waals surface area contributed by atoms with Crippen LogP contribution in [0.15, 0.2) is 22.6 Å². The molecule has 0 radical (unpaired) electrons. The summed E-state index contributed by atoms with van der Waals surface area (Å²) >= 11 is 8.08. The van der Waals surface area contributed by atoms with Crippen molar-refractivity contribution in [3.05, 3.63) is 38.2 Å². The highest BCUT2D eigenvalue weighted by Gasteiger charge is 2.23. The van der Waals surface area contributed by atoms with Crippen LogP contribution >= 0.6 is 34.2 Å². The molecule has 4 nitrogen and oxygen atoms in total. The molecule has 0 fully saturated rings. The van der Waals surface area contributed by atoms with E-state index in [1.165, 1.54) is 0 Å². The van der Waals surface area contributed by atoms with Crippen LogP contribution in [0.5, 0.6) is 0 Å². The molecule has 19 heavy (non-hydrogen) atoms. The number of hydrogen-bond donors (Lipinski definition) is 1. The largest absolute Gasteiger partial charge is 0.475 e. The van der Waals surface area contributed by atoms with Gasteiger partial charge in [0.25, 0.3) is 0 Å². The van der Waals surface area contributed by atoms with E-state index in [4.69, 9.17) is 21.1 Å². The van der Waals surface area contributed by atoms with Crippen molar-refractivity contribution in [1.82, 2.24) is 4.98 Å². The number of oxazole rings is 1. The summed E-state index contributed by atoms with van der Waals surface area (Å²) in [4.78, 5) is 15.5. The molecule has 0 aliphatic rings. The Morgan fingerprint density at radius 2 is 2.16 bits per heavy atom. The molecule has 0 amide bonds. The molecule has 0 atom stereocenters. The fraction of sp³-hybridized carbons (Fsp3) is 0.231. The number of benzene rings is 1. The fourth-order valence-electron chi connectivity index (χ4n) is 1.65. The van der Waals surface area contributed by atoms with E-state index >= 15 is 0 Å². The van der Waals surface area contributed by atoms with Gasteiger partial charge in [0.2, 0.25) is 11.7 Å². The van der Waals surface area contributed by atoms with E-state index in [1.807, 2.05) is 19.9 Å². The zero-order valence-corrected chi connectivity index (χ0v) is 13.2. The first-order valence-corrected chi connectivity index (χ1v) is 7.05. The Kier molecular flexibility index (Phi) is 4.15. The molecule has 1 aromatic heterocycles. The second-order valence-electron chi connectivity index (χ2n) is 4.32. The molecule has 1 N–H and O–H groups in total. The topological polar surface area (TPSA) is 63.3 Å². The van der Waals surface area contributed by atoms with Gasteiger partial charge in [0.05, 0.1) is 11.3 Å². The molecule has 0 spiro atoms. The smallest absolute Gasteiger partial charge is 0.373 e. The van der Waals surface area contributed by atoms with Crippen LogP contribution in [0.25, 0.3) is 11.5 Å². The van der Waals surface area contributed by atoms with Crippen molar-refractivity contribution in [2.24, 2.45) is 0 Å². The highest BCUT2D eigenvalue weighted by atomic mass is 127. The molecule has 0 unspecified atom stereocenters. The number of rotatable bonds is 3. The first kappa shape index (κ1) is 14.3. The minimum Gasteiger partial charge on any atom is -0.475 e. The number of hydrogen-bond acceptors (Lipinski definition) is 3. The molecule has 2 aromatic rings. The predicted octanol–water partition coefficient (Wildman–Crippen LogP) is 4.42. The summed E-state index contributed by atoms with van der Waals surface area (Å²) in [6, 6.07) is 5.31. The Balaban J connectivity index is 2.60. The molecule has 0 saturated carbocycles. The summed E-state index contributed by atoms with van der Waals surface area (Å²) in [5.41, 5.74) is 1.14. The Bertz CT molecular complexity index is 637. The fourth-order valence-corrected chi connectivity index (χ4v) is 2.39. The van der Waals surface area contributed by atoms with E-state index < -0.39 is 5.97 Å². The number of nitrogens with zero attached hydrogens (tertiary/aromatic N) is 1. The van der Waals surface area contributed by atoms with E-state index in [-0.39, 0.29) is 17.6 Å². The van der Waals surface area contributed by atoms with Gasteiger partial charge in [-0.3, -0.25) is 0 Å².